The van der Waals surface area contributed by atoms with Gasteiger partial charge in [0.15, 0.2) is 5.78 Å². The fraction of sp³-hybridized carbons (Fsp3) is 0.786. The highest BCUT2D eigenvalue weighted by molar-refractivity contribution is 5.93. The second-order valence-electron chi connectivity index (χ2n) is 6.27. The van der Waals surface area contributed by atoms with Gasteiger partial charge in [-0.3, -0.25) is 4.79 Å². The predicted molar refractivity (Wildman–Crippen MR) is 58.2 cm³/mol. The van der Waals surface area contributed by atoms with Crippen molar-refractivity contribution in [3.8, 4) is 0 Å². The molecule has 0 aliphatic heterocycles. The largest absolute Gasteiger partial charge is 0.295 e. The van der Waals surface area contributed by atoms with E-state index in [9.17, 15) is 4.79 Å². The molecule has 0 aromatic rings. The lowest BCUT2D eigenvalue weighted by Crippen LogP contribution is -2.30. The van der Waals surface area contributed by atoms with Crippen molar-refractivity contribution >= 4 is 5.78 Å². The van der Waals surface area contributed by atoms with E-state index in [1.807, 2.05) is 6.08 Å². The number of allylic oxidation sites excluding steroid dienone is 2. The molecule has 0 N–H and O–H groups in total. The van der Waals surface area contributed by atoms with Crippen LogP contribution in [-0.2, 0) is 4.79 Å². The third-order valence-electron chi connectivity index (χ3n) is 5.80. The first-order valence-corrected chi connectivity index (χ1v) is 6.51. The van der Waals surface area contributed by atoms with Crippen LogP contribution >= 0.6 is 0 Å². The number of hydrogen-bond acceptors (Lipinski definition) is 1. The smallest absolute Gasteiger partial charge is 0.156 e. The van der Waals surface area contributed by atoms with Crippen molar-refractivity contribution in [2.75, 3.05) is 0 Å². The molecule has 1 heteroatoms. The molecule has 4 aliphatic rings. The molecular weight excluding hydrogens is 184 g/mol. The molecule has 0 saturated heterocycles. The van der Waals surface area contributed by atoms with Crippen LogP contribution in [0.3, 0.4) is 0 Å². The van der Waals surface area contributed by atoms with Gasteiger partial charge in [-0.15, -0.1) is 0 Å². The minimum atomic E-state index is 0.335. The number of carbonyl (C=O) groups is 1. The summed E-state index contributed by atoms with van der Waals surface area (Å²) in [5, 5.41) is 0. The Labute approximate surface area is 90.9 Å². The Morgan fingerprint density at radius 3 is 2.87 bits per heavy atom. The van der Waals surface area contributed by atoms with Gasteiger partial charge in [0.05, 0.1) is 0 Å². The second kappa shape index (κ2) is 2.56. The average molecular weight is 202 g/mol. The van der Waals surface area contributed by atoms with Crippen LogP contribution in [0.1, 0.15) is 38.5 Å². The first-order valence-electron chi connectivity index (χ1n) is 6.51. The number of ketones is 1. The van der Waals surface area contributed by atoms with Gasteiger partial charge in [0.25, 0.3) is 0 Å². The molecule has 0 radical (unpaired) electrons. The topological polar surface area (TPSA) is 17.1 Å². The van der Waals surface area contributed by atoms with Crippen LogP contribution in [-0.4, -0.2) is 5.78 Å². The van der Waals surface area contributed by atoms with Gasteiger partial charge in [-0.1, -0.05) is 6.08 Å². The molecule has 0 unspecified atom stereocenters. The molecule has 80 valence electrons. The van der Waals surface area contributed by atoms with Crippen molar-refractivity contribution in [1.29, 1.82) is 0 Å². The molecule has 0 heterocycles. The van der Waals surface area contributed by atoms with E-state index in [2.05, 4.69) is 6.08 Å². The Kier molecular flexibility index (Phi) is 1.46. The van der Waals surface area contributed by atoms with E-state index in [1.54, 1.807) is 0 Å². The monoisotopic (exact) mass is 202 g/mol. The van der Waals surface area contributed by atoms with E-state index in [1.165, 1.54) is 32.1 Å². The highest BCUT2D eigenvalue weighted by Gasteiger charge is 2.59. The average Bonchev–Trinajstić information content (AvgIpc) is 2.92. The van der Waals surface area contributed by atoms with E-state index in [-0.39, 0.29) is 0 Å². The van der Waals surface area contributed by atoms with Crippen LogP contribution in [0.4, 0.5) is 0 Å². The van der Waals surface area contributed by atoms with Crippen LogP contribution in [0.25, 0.3) is 0 Å². The fourth-order valence-corrected chi connectivity index (χ4v) is 5.43. The van der Waals surface area contributed by atoms with Crippen LogP contribution in [0.2, 0.25) is 0 Å². The van der Waals surface area contributed by atoms with Gasteiger partial charge in [0, 0.05) is 6.42 Å². The van der Waals surface area contributed by atoms with E-state index in [4.69, 9.17) is 0 Å². The molecule has 0 aromatic heterocycles. The summed E-state index contributed by atoms with van der Waals surface area (Å²) < 4.78 is 0. The molecule has 1 nitrogen and oxygen atoms in total. The number of carbonyl (C=O) groups excluding carboxylic acids is 1. The third kappa shape index (κ3) is 0.926. The molecule has 0 amide bonds. The Hall–Kier alpha value is -0.590. The fourth-order valence-electron chi connectivity index (χ4n) is 5.43. The summed E-state index contributed by atoms with van der Waals surface area (Å²) in [5.41, 5.74) is 0.335. The minimum absolute atomic E-state index is 0.335. The lowest BCUT2D eigenvalue weighted by atomic mass is 9.69. The Morgan fingerprint density at radius 2 is 2.07 bits per heavy atom. The summed E-state index contributed by atoms with van der Waals surface area (Å²) in [6, 6.07) is 0. The van der Waals surface area contributed by atoms with Crippen molar-refractivity contribution in [2.24, 2.45) is 29.1 Å². The summed E-state index contributed by atoms with van der Waals surface area (Å²) in [4.78, 5) is 11.5. The lowest BCUT2D eigenvalue weighted by Gasteiger charge is -2.35. The number of rotatable bonds is 0. The van der Waals surface area contributed by atoms with Gasteiger partial charge in [0.1, 0.15) is 0 Å². The minimum Gasteiger partial charge on any atom is -0.295 e. The van der Waals surface area contributed by atoms with Crippen molar-refractivity contribution in [3.05, 3.63) is 12.2 Å². The quantitative estimate of drug-likeness (QED) is 0.590. The van der Waals surface area contributed by atoms with Crippen LogP contribution < -0.4 is 0 Å². The summed E-state index contributed by atoms with van der Waals surface area (Å²) in [5.74, 6) is 4.26. The van der Waals surface area contributed by atoms with Gasteiger partial charge in [-0.05, 0) is 67.3 Å². The SMILES string of the molecule is O=C1C=C[C@@]2(CC[C@@H]3[C@@H]4CC[C@@H](C4)[C@@H]32)C1. The zero-order chi connectivity index (χ0) is 10.0. The molecule has 1 spiro atoms. The molecule has 3 fully saturated rings. The van der Waals surface area contributed by atoms with E-state index < -0.39 is 0 Å². The maximum Gasteiger partial charge on any atom is 0.156 e. The van der Waals surface area contributed by atoms with Crippen LogP contribution in [0.15, 0.2) is 12.2 Å². The molecule has 2 bridgehead atoms. The van der Waals surface area contributed by atoms with Gasteiger partial charge in [0.2, 0.25) is 0 Å². The molecular formula is C14H18O. The number of hydrogen-bond donors (Lipinski definition) is 0. The van der Waals surface area contributed by atoms with Gasteiger partial charge in [-0.2, -0.15) is 0 Å². The molecule has 4 aliphatic carbocycles. The zero-order valence-corrected chi connectivity index (χ0v) is 9.11. The summed E-state index contributed by atoms with van der Waals surface area (Å²) in [6.45, 7) is 0. The first-order chi connectivity index (χ1) is 7.28. The highest BCUT2D eigenvalue weighted by Crippen LogP contribution is 2.67. The Morgan fingerprint density at radius 1 is 1.20 bits per heavy atom. The highest BCUT2D eigenvalue weighted by atomic mass is 16.1. The summed E-state index contributed by atoms with van der Waals surface area (Å²) in [7, 11) is 0. The van der Waals surface area contributed by atoms with Crippen molar-refractivity contribution in [1.82, 2.24) is 0 Å². The maximum absolute atomic E-state index is 11.5. The van der Waals surface area contributed by atoms with E-state index in [0.717, 1.165) is 30.1 Å². The van der Waals surface area contributed by atoms with Gasteiger partial charge >= 0.3 is 0 Å². The van der Waals surface area contributed by atoms with Gasteiger partial charge in [-0.25, -0.2) is 0 Å². The Bertz CT molecular complexity index is 356. The van der Waals surface area contributed by atoms with E-state index >= 15 is 0 Å². The lowest BCUT2D eigenvalue weighted by molar-refractivity contribution is -0.115. The zero-order valence-electron chi connectivity index (χ0n) is 9.11. The van der Waals surface area contributed by atoms with Crippen LogP contribution in [0, 0.1) is 29.1 Å². The number of fused-ring (bicyclic) bond motifs is 6. The van der Waals surface area contributed by atoms with Crippen molar-refractivity contribution in [2.45, 2.75) is 38.5 Å². The van der Waals surface area contributed by atoms with Crippen LogP contribution in [0.5, 0.6) is 0 Å². The van der Waals surface area contributed by atoms with Crippen molar-refractivity contribution in [3.63, 3.8) is 0 Å². The molecule has 15 heavy (non-hydrogen) atoms. The molecule has 0 aromatic carbocycles. The second-order valence-corrected chi connectivity index (χ2v) is 6.27. The van der Waals surface area contributed by atoms with Crippen molar-refractivity contribution < 1.29 is 4.79 Å². The third-order valence-corrected chi connectivity index (χ3v) is 5.80. The molecule has 5 atom stereocenters. The van der Waals surface area contributed by atoms with Gasteiger partial charge < -0.3 is 0 Å². The predicted octanol–water partition coefficient (Wildman–Crippen LogP) is 2.96. The summed E-state index contributed by atoms with van der Waals surface area (Å²) >= 11 is 0. The first kappa shape index (κ1) is 8.55. The molecule has 3 saturated carbocycles. The molecule has 4 rings (SSSR count). The summed E-state index contributed by atoms with van der Waals surface area (Å²) in [6.07, 6.45) is 12.1. The normalized spacial score (nSPS) is 55.9. The maximum atomic E-state index is 11.5. The Balaban J connectivity index is 1.74. The standard InChI is InChI=1S/C14H18O/c15-11-3-5-14(8-11)6-4-12-9-1-2-10(7-9)13(12)14/h3,5,9-10,12-13H,1-2,4,6-8H2/t9-,10+,12-,13+,14-/m1/s1. The van der Waals surface area contributed by atoms with E-state index in [0.29, 0.717) is 11.2 Å².